The van der Waals surface area contributed by atoms with Crippen molar-refractivity contribution < 1.29 is 0 Å². The van der Waals surface area contributed by atoms with Gasteiger partial charge < -0.3 is 5.32 Å². The summed E-state index contributed by atoms with van der Waals surface area (Å²) in [6.45, 7) is 12.9. The van der Waals surface area contributed by atoms with Crippen LogP contribution in [0.15, 0.2) is 0 Å². The van der Waals surface area contributed by atoms with E-state index in [0.29, 0.717) is 5.41 Å². The third-order valence-electron chi connectivity index (χ3n) is 5.15. The molecule has 1 aliphatic carbocycles. The summed E-state index contributed by atoms with van der Waals surface area (Å²) in [6.07, 6.45) is 11.3. The number of unbranched alkanes of at least 4 members (excludes halogenated alkanes) is 2. The average Bonchev–Trinajstić information content (AvgIpc) is 2.37. The summed E-state index contributed by atoms with van der Waals surface area (Å²) < 4.78 is 0. The molecule has 1 N–H and O–H groups in total. The van der Waals surface area contributed by atoms with E-state index in [9.17, 15) is 0 Å². The Balaban J connectivity index is 2.40. The molecule has 0 aromatic rings. The molecular formula is C18H37N. The standard InChI is InChI=1S/C18H37N/c1-6-8-9-10-17(19-7-2)15-11-13-16(14-12-15)18(3,4)5/h15-17,19H,6-14H2,1-5H3. The van der Waals surface area contributed by atoms with Gasteiger partial charge >= 0.3 is 0 Å². The Morgan fingerprint density at radius 3 is 2.11 bits per heavy atom. The SMILES string of the molecule is CCCCCC(NCC)C1CCC(C(C)(C)C)CC1. The molecule has 1 saturated carbocycles. The number of rotatable bonds is 7. The van der Waals surface area contributed by atoms with Crippen LogP contribution in [0.2, 0.25) is 0 Å². The van der Waals surface area contributed by atoms with E-state index in [2.05, 4.69) is 39.9 Å². The van der Waals surface area contributed by atoms with Crippen LogP contribution in [-0.4, -0.2) is 12.6 Å². The quantitative estimate of drug-likeness (QED) is 0.609. The van der Waals surface area contributed by atoms with Gasteiger partial charge in [-0.25, -0.2) is 0 Å². The van der Waals surface area contributed by atoms with Crippen molar-refractivity contribution in [1.82, 2.24) is 5.32 Å². The van der Waals surface area contributed by atoms with Crippen molar-refractivity contribution in [2.75, 3.05) is 6.54 Å². The van der Waals surface area contributed by atoms with Crippen molar-refractivity contribution in [2.24, 2.45) is 17.3 Å². The van der Waals surface area contributed by atoms with Crippen molar-refractivity contribution >= 4 is 0 Å². The molecule has 114 valence electrons. The van der Waals surface area contributed by atoms with Crippen molar-refractivity contribution in [3.8, 4) is 0 Å². The normalized spacial score (nSPS) is 26.4. The minimum absolute atomic E-state index is 0.515. The topological polar surface area (TPSA) is 12.0 Å². The minimum atomic E-state index is 0.515. The summed E-state index contributed by atoms with van der Waals surface area (Å²) >= 11 is 0. The zero-order chi connectivity index (χ0) is 14.3. The first-order valence-electron chi connectivity index (χ1n) is 8.72. The molecule has 0 aromatic heterocycles. The van der Waals surface area contributed by atoms with Gasteiger partial charge in [-0.15, -0.1) is 0 Å². The van der Waals surface area contributed by atoms with Gasteiger partial charge in [0.1, 0.15) is 0 Å². The fraction of sp³-hybridized carbons (Fsp3) is 1.00. The molecule has 0 aromatic carbocycles. The Kier molecular flexibility index (Phi) is 7.42. The fourth-order valence-electron chi connectivity index (χ4n) is 3.77. The summed E-state index contributed by atoms with van der Waals surface area (Å²) in [5, 5.41) is 3.76. The van der Waals surface area contributed by atoms with E-state index in [-0.39, 0.29) is 0 Å². The predicted octanol–water partition coefficient (Wildman–Crippen LogP) is 5.40. The van der Waals surface area contributed by atoms with Gasteiger partial charge in [0.25, 0.3) is 0 Å². The molecule has 0 spiro atoms. The van der Waals surface area contributed by atoms with E-state index in [0.717, 1.165) is 24.4 Å². The third kappa shape index (κ3) is 5.85. The second-order valence-electron chi connectivity index (χ2n) is 7.64. The van der Waals surface area contributed by atoms with Gasteiger partial charge in [0.2, 0.25) is 0 Å². The highest BCUT2D eigenvalue weighted by Crippen LogP contribution is 2.41. The van der Waals surface area contributed by atoms with Crippen molar-refractivity contribution in [1.29, 1.82) is 0 Å². The van der Waals surface area contributed by atoms with Gasteiger partial charge in [-0.05, 0) is 55.9 Å². The van der Waals surface area contributed by atoms with Gasteiger partial charge in [-0.3, -0.25) is 0 Å². The lowest BCUT2D eigenvalue weighted by molar-refractivity contribution is 0.130. The zero-order valence-corrected chi connectivity index (χ0v) is 14.1. The maximum atomic E-state index is 3.76. The summed E-state index contributed by atoms with van der Waals surface area (Å²) in [7, 11) is 0. The third-order valence-corrected chi connectivity index (χ3v) is 5.15. The van der Waals surface area contributed by atoms with Crippen LogP contribution in [0, 0.1) is 17.3 Å². The summed E-state index contributed by atoms with van der Waals surface area (Å²) in [6, 6.07) is 0.789. The molecule has 0 saturated heterocycles. The fourth-order valence-corrected chi connectivity index (χ4v) is 3.77. The lowest BCUT2D eigenvalue weighted by Crippen LogP contribution is -2.39. The first kappa shape index (κ1) is 17.0. The highest BCUT2D eigenvalue weighted by molar-refractivity contribution is 4.85. The van der Waals surface area contributed by atoms with E-state index in [1.165, 1.54) is 51.4 Å². The molecule has 1 fully saturated rings. The van der Waals surface area contributed by atoms with E-state index in [4.69, 9.17) is 0 Å². The number of hydrogen-bond acceptors (Lipinski definition) is 1. The van der Waals surface area contributed by atoms with E-state index < -0.39 is 0 Å². The Morgan fingerprint density at radius 1 is 1.00 bits per heavy atom. The van der Waals surface area contributed by atoms with E-state index in [1.54, 1.807) is 0 Å². The molecular weight excluding hydrogens is 230 g/mol. The van der Waals surface area contributed by atoms with Crippen LogP contribution in [0.3, 0.4) is 0 Å². The Labute approximate surface area is 121 Å². The molecule has 0 heterocycles. The second kappa shape index (κ2) is 8.29. The maximum Gasteiger partial charge on any atom is 0.00952 e. The van der Waals surface area contributed by atoms with Crippen LogP contribution in [0.5, 0.6) is 0 Å². The van der Waals surface area contributed by atoms with E-state index >= 15 is 0 Å². The van der Waals surface area contributed by atoms with Gasteiger partial charge in [-0.2, -0.15) is 0 Å². The lowest BCUT2D eigenvalue weighted by atomic mass is 9.68. The lowest BCUT2D eigenvalue weighted by Gasteiger charge is -2.39. The van der Waals surface area contributed by atoms with Crippen LogP contribution in [0.1, 0.15) is 86.0 Å². The smallest absolute Gasteiger partial charge is 0.00952 e. The Bertz CT molecular complexity index is 220. The average molecular weight is 268 g/mol. The zero-order valence-electron chi connectivity index (χ0n) is 14.1. The summed E-state index contributed by atoms with van der Waals surface area (Å²) in [5.74, 6) is 1.89. The Hall–Kier alpha value is -0.0400. The van der Waals surface area contributed by atoms with Crippen LogP contribution < -0.4 is 5.32 Å². The van der Waals surface area contributed by atoms with Gasteiger partial charge in [-0.1, -0.05) is 53.9 Å². The van der Waals surface area contributed by atoms with Crippen LogP contribution in [-0.2, 0) is 0 Å². The number of nitrogens with one attached hydrogen (secondary N) is 1. The van der Waals surface area contributed by atoms with Crippen molar-refractivity contribution in [2.45, 2.75) is 92.0 Å². The first-order valence-corrected chi connectivity index (χ1v) is 8.72. The second-order valence-corrected chi connectivity index (χ2v) is 7.64. The highest BCUT2D eigenvalue weighted by atomic mass is 14.9. The Morgan fingerprint density at radius 2 is 1.63 bits per heavy atom. The van der Waals surface area contributed by atoms with Crippen molar-refractivity contribution in [3.05, 3.63) is 0 Å². The maximum absolute atomic E-state index is 3.76. The number of hydrogen-bond donors (Lipinski definition) is 1. The van der Waals surface area contributed by atoms with Crippen molar-refractivity contribution in [3.63, 3.8) is 0 Å². The molecule has 0 amide bonds. The first-order chi connectivity index (χ1) is 8.99. The molecule has 0 bridgehead atoms. The molecule has 1 atom stereocenters. The van der Waals surface area contributed by atoms with Crippen LogP contribution in [0.25, 0.3) is 0 Å². The molecule has 1 unspecified atom stereocenters. The molecule has 1 heteroatoms. The van der Waals surface area contributed by atoms with E-state index in [1.807, 2.05) is 0 Å². The summed E-state index contributed by atoms with van der Waals surface area (Å²) in [5.41, 5.74) is 0.515. The molecule has 1 nitrogen and oxygen atoms in total. The summed E-state index contributed by atoms with van der Waals surface area (Å²) in [4.78, 5) is 0. The predicted molar refractivity (Wildman–Crippen MR) is 86.5 cm³/mol. The highest BCUT2D eigenvalue weighted by Gasteiger charge is 2.32. The molecule has 1 rings (SSSR count). The molecule has 0 aliphatic heterocycles. The van der Waals surface area contributed by atoms with Crippen LogP contribution >= 0.6 is 0 Å². The van der Waals surface area contributed by atoms with Crippen LogP contribution in [0.4, 0.5) is 0 Å². The molecule has 0 radical (unpaired) electrons. The molecule has 19 heavy (non-hydrogen) atoms. The van der Waals surface area contributed by atoms with Gasteiger partial charge in [0.05, 0.1) is 0 Å². The van der Waals surface area contributed by atoms with Gasteiger partial charge in [0.15, 0.2) is 0 Å². The molecule has 1 aliphatic rings. The monoisotopic (exact) mass is 267 g/mol. The largest absolute Gasteiger partial charge is 0.314 e. The minimum Gasteiger partial charge on any atom is -0.314 e. The van der Waals surface area contributed by atoms with Gasteiger partial charge in [0, 0.05) is 6.04 Å².